The minimum Gasteiger partial charge on any atom is -0.377 e. The molecule has 2 aromatic rings. The summed E-state index contributed by atoms with van der Waals surface area (Å²) < 4.78 is 7.09. The Balaban J connectivity index is 2.03. The number of aromatic nitrogens is 3. The number of carbonyl (C=O) groups is 1. The van der Waals surface area contributed by atoms with E-state index < -0.39 is 0 Å². The number of carbonyl (C=O) groups excluding carboxylic acids is 1. The summed E-state index contributed by atoms with van der Waals surface area (Å²) in [6, 6.07) is 2.03. The molecule has 0 bridgehead atoms. The predicted octanol–water partition coefficient (Wildman–Crippen LogP) is 1.21. The zero-order chi connectivity index (χ0) is 14.3. The average Bonchev–Trinajstić information content (AvgIpc) is 2.82. The van der Waals surface area contributed by atoms with Gasteiger partial charge in [0.1, 0.15) is 5.56 Å². The normalized spacial score (nSPS) is 19.6. The number of hydrogen-bond acceptors (Lipinski definition) is 4. The van der Waals surface area contributed by atoms with Crippen molar-refractivity contribution in [2.45, 2.75) is 26.8 Å². The van der Waals surface area contributed by atoms with Gasteiger partial charge in [-0.15, -0.1) is 0 Å². The van der Waals surface area contributed by atoms with Gasteiger partial charge in [0.15, 0.2) is 5.65 Å². The summed E-state index contributed by atoms with van der Waals surface area (Å²) in [7, 11) is 0. The largest absolute Gasteiger partial charge is 0.377 e. The van der Waals surface area contributed by atoms with Crippen LogP contribution in [0.5, 0.6) is 0 Å². The van der Waals surface area contributed by atoms with Gasteiger partial charge >= 0.3 is 0 Å². The van der Waals surface area contributed by atoms with Crippen molar-refractivity contribution in [2.75, 3.05) is 19.8 Å². The highest BCUT2D eigenvalue weighted by atomic mass is 16.5. The van der Waals surface area contributed by atoms with Crippen molar-refractivity contribution in [3.63, 3.8) is 0 Å². The van der Waals surface area contributed by atoms with Crippen molar-refractivity contribution < 1.29 is 9.53 Å². The van der Waals surface area contributed by atoms with E-state index in [9.17, 15) is 4.79 Å². The third kappa shape index (κ3) is 2.06. The number of hydrogen-bond donors (Lipinski definition) is 0. The Bertz CT molecular complexity index is 664. The first-order valence-corrected chi connectivity index (χ1v) is 6.78. The Hall–Kier alpha value is -1.95. The highest BCUT2D eigenvalue weighted by Crippen LogP contribution is 2.17. The zero-order valence-corrected chi connectivity index (χ0v) is 12.0. The lowest BCUT2D eigenvalue weighted by atomic mass is 10.2. The van der Waals surface area contributed by atoms with Crippen LogP contribution in [0.1, 0.15) is 28.7 Å². The predicted molar refractivity (Wildman–Crippen MR) is 73.8 cm³/mol. The van der Waals surface area contributed by atoms with Gasteiger partial charge in [-0.05, 0) is 26.8 Å². The summed E-state index contributed by atoms with van der Waals surface area (Å²) in [5, 5.41) is 4.28. The van der Waals surface area contributed by atoms with Gasteiger partial charge in [0.05, 0.1) is 25.5 Å². The third-order valence-electron chi connectivity index (χ3n) is 3.64. The number of morpholine rings is 1. The maximum absolute atomic E-state index is 12.7. The molecule has 6 heteroatoms. The maximum atomic E-state index is 12.7. The van der Waals surface area contributed by atoms with Crippen LogP contribution in [-0.4, -0.2) is 51.2 Å². The Kier molecular flexibility index (Phi) is 3.17. The first kappa shape index (κ1) is 13.1. The van der Waals surface area contributed by atoms with Crippen LogP contribution in [0.3, 0.4) is 0 Å². The van der Waals surface area contributed by atoms with E-state index in [2.05, 4.69) is 10.1 Å². The molecule has 1 fully saturated rings. The van der Waals surface area contributed by atoms with Crippen molar-refractivity contribution in [3.05, 3.63) is 29.2 Å². The topological polar surface area (TPSA) is 59.7 Å². The molecule has 0 spiro atoms. The Morgan fingerprint density at radius 2 is 2.25 bits per heavy atom. The van der Waals surface area contributed by atoms with Gasteiger partial charge < -0.3 is 9.64 Å². The van der Waals surface area contributed by atoms with Gasteiger partial charge in [0.2, 0.25) is 0 Å². The Morgan fingerprint density at radius 1 is 1.45 bits per heavy atom. The molecule has 0 N–H and O–H groups in total. The maximum Gasteiger partial charge on any atom is 0.259 e. The molecule has 0 aliphatic carbocycles. The first-order chi connectivity index (χ1) is 9.58. The van der Waals surface area contributed by atoms with Crippen LogP contribution < -0.4 is 0 Å². The average molecular weight is 274 g/mol. The Morgan fingerprint density at radius 3 is 3.00 bits per heavy atom. The molecule has 0 saturated carbocycles. The van der Waals surface area contributed by atoms with Crippen molar-refractivity contribution in [3.8, 4) is 0 Å². The molecule has 1 aliphatic rings. The van der Waals surface area contributed by atoms with Gasteiger partial charge in [0, 0.05) is 17.9 Å². The third-order valence-corrected chi connectivity index (χ3v) is 3.64. The molecule has 3 rings (SSSR count). The van der Waals surface area contributed by atoms with Crippen LogP contribution in [0.2, 0.25) is 0 Å². The van der Waals surface area contributed by atoms with E-state index >= 15 is 0 Å². The van der Waals surface area contributed by atoms with Gasteiger partial charge in [-0.25, -0.2) is 9.50 Å². The van der Waals surface area contributed by atoms with Crippen LogP contribution in [0.15, 0.2) is 12.3 Å². The second-order valence-corrected chi connectivity index (χ2v) is 5.26. The van der Waals surface area contributed by atoms with Gasteiger partial charge in [-0.3, -0.25) is 4.79 Å². The summed E-state index contributed by atoms with van der Waals surface area (Å²) in [6.45, 7) is 7.65. The number of fused-ring (bicyclic) bond motifs is 1. The second-order valence-electron chi connectivity index (χ2n) is 5.26. The van der Waals surface area contributed by atoms with Crippen LogP contribution in [0.25, 0.3) is 5.65 Å². The monoisotopic (exact) mass is 274 g/mol. The summed E-state index contributed by atoms with van der Waals surface area (Å²) in [5.41, 5.74) is 3.05. The molecule has 6 nitrogen and oxygen atoms in total. The van der Waals surface area contributed by atoms with Crippen molar-refractivity contribution in [2.24, 2.45) is 0 Å². The number of aryl methyl sites for hydroxylation is 2. The van der Waals surface area contributed by atoms with E-state index in [-0.39, 0.29) is 11.9 Å². The minimum absolute atomic E-state index is 0.0201. The smallest absolute Gasteiger partial charge is 0.259 e. The van der Waals surface area contributed by atoms with Crippen LogP contribution >= 0.6 is 0 Å². The van der Waals surface area contributed by atoms with Crippen molar-refractivity contribution in [1.82, 2.24) is 19.5 Å². The molecule has 2 aromatic heterocycles. The van der Waals surface area contributed by atoms with Crippen LogP contribution in [0, 0.1) is 13.8 Å². The summed E-state index contributed by atoms with van der Waals surface area (Å²) in [4.78, 5) is 19.0. The summed E-state index contributed by atoms with van der Waals surface area (Å²) >= 11 is 0. The van der Waals surface area contributed by atoms with Crippen molar-refractivity contribution >= 4 is 11.6 Å². The molecule has 1 aliphatic heterocycles. The molecule has 20 heavy (non-hydrogen) atoms. The van der Waals surface area contributed by atoms with Crippen LogP contribution in [-0.2, 0) is 4.74 Å². The van der Waals surface area contributed by atoms with E-state index in [0.29, 0.717) is 31.0 Å². The molecule has 0 radical (unpaired) electrons. The summed E-state index contributed by atoms with van der Waals surface area (Å²) in [6.07, 6.45) is 1.61. The van der Waals surface area contributed by atoms with E-state index in [1.165, 1.54) is 0 Å². The van der Waals surface area contributed by atoms with E-state index in [1.807, 2.05) is 31.7 Å². The second kappa shape index (κ2) is 4.86. The Labute approximate surface area is 117 Å². The highest BCUT2D eigenvalue weighted by Gasteiger charge is 2.27. The number of rotatable bonds is 1. The zero-order valence-electron chi connectivity index (χ0n) is 12.0. The molecule has 0 aromatic carbocycles. The van der Waals surface area contributed by atoms with Gasteiger partial charge in [0.25, 0.3) is 5.91 Å². The van der Waals surface area contributed by atoms with E-state index in [0.717, 1.165) is 11.4 Å². The molecule has 0 unspecified atom stereocenters. The lowest BCUT2D eigenvalue weighted by Crippen LogP contribution is -2.47. The van der Waals surface area contributed by atoms with Gasteiger partial charge in [-0.1, -0.05) is 0 Å². The lowest BCUT2D eigenvalue weighted by Gasteiger charge is -2.33. The fourth-order valence-corrected chi connectivity index (χ4v) is 2.60. The fourth-order valence-electron chi connectivity index (χ4n) is 2.60. The summed E-state index contributed by atoms with van der Waals surface area (Å²) in [5.74, 6) is -0.0201. The molecule has 106 valence electrons. The fraction of sp³-hybridized carbons (Fsp3) is 0.500. The SMILES string of the molecule is Cc1cc(C)n2ncc(C(=O)N3CCOC[C@@H]3C)c2n1. The standard InChI is InChI=1S/C14H18N4O2/c1-9-6-10(2)18-13(16-9)12(7-15-18)14(19)17-4-5-20-8-11(17)3/h6-7,11H,4-5,8H2,1-3H3/t11-/m0/s1. The number of amides is 1. The van der Waals surface area contributed by atoms with E-state index in [4.69, 9.17) is 4.74 Å². The highest BCUT2D eigenvalue weighted by molar-refractivity contribution is 5.99. The molecular weight excluding hydrogens is 256 g/mol. The van der Waals surface area contributed by atoms with Crippen molar-refractivity contribution in [1.29, 1.82) is 0 Å². The molecule has 1 amide bonds. The molecule has 3 heterocycles. The van der Waals surface area contributed by atoms with Crippen LogP contribution in [0.4, 0.5) is 0 Å². The molecule has 1 saturated heterocycles. The lowest BCUT2D eigenvalue weighted by molar-refractivity contribution is 0.00369. The first-order valence-electron chi connectivity index (χ1n) is 6.78. The molecular formula is C14H18N4O2. The quantitative estimate of drug-likeness (QED) is 0.784. The number of nitrogens with zero attached hydrogens (tertiary/aromatic N) is 4. The minimum atomic E-state index is -0.0201. The van der Waals surface area contributed by atoms with E-state index in [1.54, 1.807) is 10.7 Å². The molecule has 1 atom stereocenters. The number of ether oxygens (including phenoxy) is 1. The van der Waals surface area contributed by atoms with Gasteiger partial charge in [-0.2, -0.15) is 5.10 Å².